The molecular weight excluding hydrogens is 382 g/mol. The molecule has 2 aromatic heterocycles. The first kappa shape index (κ1) is 20.2. The number of aryl methyl sites for hydroxylation is 1. The number of non-ortho nitro benzene ring substituents is 1. The number of imidazole rings is 1. The first-order valence-corrected chi connectivity index (χ1v) is 10.3. The number of nitro groups is 1. The summed E-state index contributed by atoms with van der Waals surface area (Å²) in [5.41, 5.74) is 9.06. The minimum absolute atomic E-state index is 0.0440. The molecule has 3 aromatic rings. The summed E-state index contributed by atoms with van der Waals surface area (Å²) in [6, 6.07) is 11.1. The van der Waals surface area contributed by atoms with E-state index in [2.05, 4.69) is 19.8 Å². The van der Waals surface area contributed by atoms with Gasteiger partial charge in [0.15, 0.2) is 0 Å². The maximum Gasteiger partial charge on any atom is 0.271 e. The van der Waals surface area contributed by atoms with Crippen LogP contribution in [-0.2, 0) is 6.54 Å². The molecule has 1 aliphatic heterocycles. The average molecular weight is 409 g/mol. The lowest BCUT2D eigenvalue weighted by atomic mass is 10.1. The first-order valence-electron chi connectivity index (χ1n) is 10.3. The van der Waals surface area contributed by atoms with E-state index < -0.39 is 0 Å². The predicted molar refractivity (Wildman–Crippen MR) is 117 cm³/mol. The number of anilines is 1. The van der Waals surface area contributed by atoms with Crippen LogP contribution in [0.15, 0.2) is 36.4 Å². The molecule has 30 heavy (non-hydrogen) atoms. The van der Waals surface area contributed by atoms with Gasteiger partial charge in [-0.2, -0.15) is 0 Å². The number of likely N-dealkylation sites (tertiary alicyclic amines) is 1. The highest BCUT2D eigenvalue weighted by atomic mass is 16.6. The number of rotatable bonds is 7. The quantitative estimate of drug-likeness (QED) is 0.455. The van der Waals surface area contributed by atoms with E-state index in [1.807, 2.05) is 25.1 Å². The zero-order valence-corrected chi connectivity index (χ0v) is 17.1. The van der Waals surface area contributed by atoms with Crippen LogP contribution < -0.4 is 11.1 Å². The van der Waals surface area contributed by atoms with Crippen molar-refractivity contribution in [2.45, 2.75) is 32.4 Å². The molecule has 0 saturated carbocycles. The van der Waals surface area contributed by atoms with Gasteiger partial charge in [0, 0.05) is 50.0 Å². The number of pyridine rings is 1. The Kier molecular flexibility index (Phi) is 5.91. The Morgan fingerprint density at radius 2 is 2.03 bits per heavy atom. The zero-order valence-electron chi connectivity index (χ0n) is 17.1. The summed E-state index contributed by atoms with van der Waals surface area (Å²) < 4.78 is 2.06. The molecule has 1 aliphatic rings. The van der Waals surface area contributed by atoms with Gasteiger partial charge in [-0.25, -0.2) is 4.98 Å². The summed E-state index contributed by atoms with van der Waals surface area (Å²) in [6.45, 7) is 6.11. The highest BCUT2D eigenvalue weighted by Crippen LogP contribution is 2.26. The molecule has 0 unspecified atom stereocenters. The summed E-state index contributed by atoms with van der Waals surface area (Å²) >= 11 is 0. The molecule has 1 fully saturated rings. The fourth-order valence-corrected chi connectivity index (χ4v) is 4.02. The van der Waals surface area contributed by atoms with E-state index in [4.69, 9.17) is 10.7 Å². The standard InChI is InChI=1S/C21H27N7O2/c1-15-3-2-4-17(23-15)14-27-20-6-5-18(28(29)30)13-19(20)25-21(27)24-16-7-10-26(11-8-16)12-9-22/h2-6,13,16H,7-12,14,22H2,1H3,(H,24,25). The van der Waals surface area contributed by atoms with Crippen molar-refractivity contribution in [1.82, 2.24) is 19.4 Å². The molecule has 9 heteroatoms. The lowest BCUT2D eigenvalue weighted by Gasteiger charge is -2.32. The third-order valence-electron chi connectivity index (χ3n) is 5.57. The van der Waals surface area contributed by atoms with Crippen molar-refractivity contribution < 1.29 is 4.92 Å². The summed E-state index contributed by atoms with van der Waals surface area (Å²) in [5, 5.41) is 14.8. The van der Waals surface area contributed by atoms with Crippen LogP contribution in [0.5, 0.6) is 0 Å². The molecule has 0 radical (unpaired) electrons. The summed E-state index contributed by atoms with van der Waals surface area (Å²) in [5.74, 6) is 0.728. The number of fused-ring (bicyclic) bond motifs is 1. The predicted octanol–water partition coefficient (Wildman–Crippen LogP) is 2.53. The van der Waals surface area contributed by atoms with Crippen molar-refractivity contribution >= 4 is 22.7 Å². The molecule has 0 amide bonds. The SMILES string of the molecule is Cc1cccc(Cn2c(NC3CCN(CCN)CC3)nc3cc([N+](=O)[O-])ccc32)n1. The van der Waals surface area contributed by atoms with Gasteiger partial charge in [-0.1, -0.05) is 6.07 Å². The number of piperidine rings is 1. The number of nitro benzene ring substituents is 1. The van der Waals surface area contributed by atoms with Gasteiger partial charge in [0.25, 0.3) is 5.69 Å². The molecule has 0 aliphatic carbocycles. The van der Waals surface area contributed by atoms with Gasteiger partial charge in [0.2, 0.25) is 5.95 Å². The van der Waals surface area contributed by atoms with Crippen LogP contribution in [0.25, 0.3) is 11.0 Å². The van der Waals surface area contributed by atoms with E-state index in [-0.39, 0.29) is 10.6 Å². The summed E-state index contributed by atoms with van der Waals surface area (Å²) in [4.78, 5) is 22.5. The van der Waals surface area contributed by atoms with Gasteiger partial charge >= 0.3 is 0 Å². The van der Waals surface area contributed by atoms with Crippen LogP contribution in [0.4, 0.5) is 11.6 Å². The molecule has 0 atom stereocenters. The Labute approximate surface area is 175 Å². The largest absolute Gasteiger partial charge is 0.353 e. The molecule has 4 rings (SSSR count). The van der Waals surface area contributed by atoms with Crippen LogP contribution >= 0.6 is 0 Å². The van der Waals surface area contributed by atoms with Crippen LogP contribution in [0, 0.1) is 17.0 Å². The Balaban J connectivity index is 1.64. The minimum Gasteiger partial charge on any atom is -0.353 e. The number of benzene rings is 1. The van der Waals surface area contributed by atoms with Crippen molar-refractivity contribution in [1.29, 1.82) is 0 Å². The minimum atomic E-state index is -0.388. The number of nitrogens with one attached hydrogen (secondary N) is 1. The topological polar surface area (TPSA) is 115 Å². The summed E-state index contributed by atoms with van der Waals surface area (Å²) in [6.07, 6.45) is 2.01. The van der Waals surface area contributed by atoms with E-state index in [9.17, 15) is 10.1 Å². The number of nitrogens with zero attached hydrogens (tertiary/aromatic N) is 5. The molecule has 158 valence electrons. The highest BCUT2D eigenvalue weighted by molar-refractivity contribution is 5.81. The van der Waals surface area contributed by atoms with Crippen molar-refractivity contribution in [2.24, 2.45) is 5.73 Å². The molecule has 9 nitrogen and oxygen atoms in total. The van der Waals surface area contributed by atoms with E-state index >= 15 is 0 Å². The van der Waals surface area contributed by atoms with Gasteiger partial charge in [0.1, 0.15) is 0 Å². The van der Waals surface area contributed by atoms with E-state index in [1.165, 1.54) is 12.1 Å². The normalized spacial score (nSPS) is 15.5. The maximum absolute atomic E-state index is 11.2. The van der Waals surface area contributed by atoms with Crippen LogP contribution in [-0.4, -0.2) is 56.6 Å². The van der Waals surface area contributed by atoms with E-state index in [0.717, 1.165) is 55.3 Å². The monoisotopic (exact) mass is 409 g/mol. The fraction of sp³-hybridized carbons (Fsp3) is 0.429. The smallest absolute Gasteiger partial charge is 0.271 e. The molecule has 1 aromatic carbocycles. The van der Waals surface area contributed by atoms with Crippen molar-refractivity contribution in [2.75, 3.05) is 31.5 Å². The molecule has 0 spiro atoms. The molecule has 3 heterocycles. The Hall–Kier alpha value is -3.04. The highest BCUT2D eigenvalue weighted by Gasteiger charge is 2.22. The maximum atomic E-state index is 11.2. The lowest BCUT2D eigenvalue weighted by molar-refractivity contribution is -0.384. The fourth-order valence-electron chi connectivity index (χ4n) is 4.02. The molecule has 0 bridgehead atoms. The first-order chi connectivity index (χ1) is 14.5. The second-order valence-electron chi connectivity index (χ2n) is 7.77. The van der Waals surface area contributed by atoms with Crippen LogP contribution in [0.2, 0.25) is 0 Å². The average Bonchev–Trinajstić information content (AvgIpc) is 3.06. The number of hydrogen-bond donors (Lipinski definition) is 2. The summed E-state index contributed by atoms with van der Waals surface area (Å²) in [7, 11) is 0. The van der Waals surface area contributed by atoms with Crippen LogP contribution in [0.3, 0.4) is 0 Å². The number of aromatic nitrogens is 3. The molecular formula is C21H27N7O2. The van der Waals surface area contributed by atoms with Crippen LogP contribution in [0.1, 0.15) is 24.2 Å². The third-order valence-corrected chi connectivity index (χ3v) is 5.57. The van der Waals surface area contributed by atoms with E-state index in [1.54, 1.807) is 6.07 Å². The Morgan fingerprint density at radius 1 is 1.23 bits per heavy atom. The van der Waals surface area contributed by atoms with Gasteiger partial charge < -0.3 is 20.5 Å². The van der Waals surface area contributed by atoms with Gasteiger partial charge in [-0.15, -0.1) is 0 Å². The van der Waals surface area contributed by atoms with Crippen molar-refractivity contribution in [3.63, 3.8) is 0 Å². The second-order valence-corrected chi connectivity index (χ2v) is 7.77. The second kappa shape index (κ2) is 8.76. The Bertz CT molecular complexity index is 1040. The lowest BCUT2D eigenvalue weighted by Crippen LogP contribution is -2.41. The van der Waals surface area contributed by atoms with Crippen molar-refractivity contribution in [3.05, 3.63) is 57.9 Å². The third kappa shape index (κ3) is 4.42. The molecule has 3 N–H and O–H groups in total. The van der Waals surface area contributed by atoms with Gasteiger partial charge in [-0.05, 0) is 38.0 Å². The van der Waals surface area contributed by atoms with Crippen molar-refractivity contribution in [3.8, 4) is 0 Å². The zero-order chi connectivity index (χ0) is 21.1. The van der Waals surface area contributed by atoms with Gasteiger partial charge in [-0.3, -0.25) is 15.1 Å². The number of nitrogens with two attached hydrogens (primary N) is 1. The number of hydrogen-bond acceptors (Lipinski definition) is 7. The van der Waals surface area contributed by atoms with Gasteiger partial charge in [0.05, 0.1) is 28.2 Å². The Morgan fingerprint density at radius 3 is 2.73 bits per heavy atom. The van der Waals surface area contributed by atoms with E-state index in [0.29, 0.717) is 24.6 Å². The molecule has 1 saturated heterocycles.